The third kappa shape index (κ3) is 7.41. The highest BCUT2D eigenvalue weighted by Gasteiger charge is 2.24. The van der Waals surface area contributed by atoms with E-state index in [1.165, 1.54) is 31.3 Å². The van der Waals surface area contributed by atoms with Crippen LogP contribution in [0.15, 0.2) is 24.4 Å². The molecule has 1 saturated carbocycles. The van der Waals surface area contributed by atoms with Crippen LogP contribution < -0.4 is 5.48 Å². The molecular formula is C17H31NO. The number of unbranched alkanes of at least 4 members (excludes halogenated alkanes) is 1. The first-order chi connectivity index (χ1) is 8.97. The van der Waals surface area contributed by atoms with Gasteiger partial charge in [-0.2, -0.15) is 0 Å². The van der Waals surface area contributed by atoms with Gasteiger partial charge in [0.25, 0.3) is 0 Å². The Morgan fingerprint density at radius 3 is 2.21 bits per heavy atom. The highest BCUT2D eigenvalue weighted by Crippen LogP contribution is 2.29. The van der Waals surface area contributed by atoms with E-state index in [1.807, 2.05) is 0 Å². The minimum atomic E-state index is 0.353. The molecule has 1 fully saturated rings. The SMILES string of the molecule is C=C(C)CCCCC(=C)NOC1CC(C)CC(C)C1. The Morgan fingerprint density at radius 2 is 1.63 bits per heavy atom. The fourth-order valence-electron chi connectivity index (χ4n) is 2.95. The summed E-state index contributed by atoms with van der Waals surface area (Å²) in [5.74, 6) is 1.55. The van der Waals surface area contributed by atoms with Crippen LogP contribution in [0.4, 0.5) is 0 Å². The average Bonchev–Trinajstić information content (AvgIpc) is 2.31. The fraction of sp³-hybridized carbons (Fsp3) is 0.765. The molecule has 1 rings (SSSR count). The summed E-state index contributed by atoms with van der Waals surface area (Å²) in [5, 5.41) is 0. The van der Waals surface area contributed by atoms with Crippen LogP contribution >= 0.6 is 0 Å². The van der Waals surface area contributed by atoms with Crippen LogP contribution in [-0.2, 0) is 4.84 Å². The van der Waals surface area contributed by atoms with Gasteiger partial charge in [0, 0.05) is 5.70 Å². The molecule has 0 heterocycles. The van der Waals surface area contributed by atoms with E-state index in [1.54, 1.807) is 0 Å². The molecule has 0 aromatic heterocycles. The zero-order chi connectivity index (χ0) is 14.3. The van der Waals surface area contributed by atoms with Gasteiger partial charge in [0.2, 0.25) is 0 Å². The lowest BCUT2D eigenvalue weighted by Crippen LogP contribution is -2.31. The van der Waals surface area contributed by atoms with Crippen LogP contribution in [0, 0.1) is 11.8 Å². The largest absolute Gasteiger partial charge is 0.273 e. The maximum absolute atomic E-state index is 5.80. The normalized spacial score (nSPS) is 27.0. The Labute approximate surface area is 119 Å². The van der Waals surface area contributed by atoms with Gasteiger partial charge in [-0.15, -0.1) is 6.58 Å². The predicted molar refractivity (Wildman–Crippen MR) is 82.6 cm³/mol. The molecule has 0 aliphatic heterocycles. The molecule has 0 spiro atoms. The Bertz CT molecular complexity index is 288. The van der Waals surface area contributed by atoms with E-state index in [2.05, 4.69) is 39.4 Å². The number of hydrogen-bond acceptors (Lipinski definition) is 2. The maximum Gasteiger partial charge on any atom is 0.0858 e. The van der Waals surface area contributed by atoms with Gasteiger partial charge in [0.05, 0.1) is 6.10 Å². The van der Waals surface area contributed by atoms with Crippen molar-refractivity contribution >= 4 is 0 Å². The summed E-state index contributed by atoms with van der Waals surface area (Å²) in [6.45, 7) is 14.7. The third-order valence-electron chi connectivity index (χ3n) is 3.84. The molecule has 1 aliphatic rings. The van der Waals surface area contributed by atoms with Crippen LogP contribution in [0.2, 0.25) is 0 Å². The molecule has 19 heavy (non-hydrogen) atoms. The van der Waals surface area contributed by atoms with Crippen molar-refractivity contribution in [3.63, 3.8) is 0 Å². The topological polar surface area (TPSA) is 21.3 Å². The van der Waals surface area contributed by atoms with E-state index in [-0.39, 0.29) is 0 Å². The minimum Gasteiger partial charge on any atom is -0.273 e. The molecule has 2 nitrogen and oxygen atoms in total. The van der Waals surface area contributed by atoms with Crippen molar-refractivity contribution in [1.29, 1.82) is 0 Å². The number of nitrogens with one attached hydrogen (secondary N) is 1. The maximum atomic E-state index is 5.80. The Morgan fingerprint density at radius 1 is 1.05 bits per heavy atom. The molecular weight excluding hydrogens is 234 g/mol. The van der Waals surface area contributed by atoms with Crippen LogP contribution in [0.1, 0.15) is 65.7 Å². The Kier molecular flexibility index (Phi) is 7.22. The van der Waals surface area contributed by atoms with Crippen molar-refractivity contribution in [2.24, 2.45) is 11.8 Å². The van der Waals surface area contributed by atoms with Crippen molar-refractivity contribution in [3.05, 3.63) is 24.4 Å². The van der Waals surface area contributed by atoms with Crippen LogP contribution in [0.5, 0.6) is 0 Å². The minimum absolute atomic E-state index is 0.353. The van der Waals surface area contributed by atoms with Crippen LogP contribution in [0.3, 0.4) is 0 Å². The number of hydrogen-bond donors (Lipinski definition) is 1. The predicted octanol–water partition coefficient (Wildman–Crippen LogP) is 4.98. The van der Waals surface area contributed by atoms with Gasteiger partial charge in [-0.05, 0) is 63.7 Å². The summed E-state index contributed by atoms with van der Waals surface area (Å²) in [6.07, 6.45) is 8.47. The van der Waals surface area contributed by atoms with Gasteiger partial charge in [0.15, 0.2) is 0 Å². The lowest BCUT2D eigenvalue weighted by Gasteiger charge is -2.31. The van der Waals surface area contributed by atoms with E-state index < -0.39 is 0 Å². The molecule has 0 aromatic carbocycles. The summed E-state index contributed by atoms with van der Waals surface area (Å²) in [5.41, 5.74) is 5.34. The highest BCUT2D eigenvalue weighted by molar-refractivity contribution is 4.90. The number of rotatable bonds is 8. The van der Waals surface area contributed by atoms with E-state index >= 15 is 0 Å². The van der Waals surface area contributed by atoms with Gasteiger partial charge in [0.1, 0.15) is 0 Å². The second-order valence-corrected chi connectivity index (χ2v) is 6.53. The van der Waals surface area contributed by atoms with E-state index in [4.69, 9.17) is 4.84 Å². The number of hydroxylamine groups is 1. The molecule has 0 saturated heterocycles. The van der Waals surface area contributed by atoms with Gasteiger partial charge in [-0.1, -0.05) is 26.0 Å². The van der Waals surface area contributed by atoms with Crippen molar-refractivity contribution < 1.29 is 4.84 Å². The van der Waals surface area contributed by atoms with Gasteiger partial charge < -0.3 is 0 Å². The molecule has 2 unspecified atom stereocenters. The first-order valence-corrected chi connectivity index (χ1v) is 7.71. The second-order valence-electron chi connectivity index (χ2n) is 6.53. The highest BCUT2D eigenvalue weighted by atomic mass is 16.7. The zero-order valence-corrected chi connectivity index (χ0v) is 13.0. The Balaban J connectivity index is 2.10. The molecule has 0 aromatic rings. The molecule has 1 aliphatic carbocycles. The molecule has 0 amide bonds. The summed E-state index contributed by atoms with van der Waals surface area (Å²) in [4.78, 5) is 5.80. The standard InChI is InChI=1S/C17H31NO/c1-13(2)8-6-7-9-16(5)18-19-17-11-14(3)10-15(4)12-17/h14-15,17-18H,1,5-12H2,2-4H3. The smallest absolute Gasteiger partial charge is 0.0858 e. The molecule has 0 radical (unpaired) electrons. The lowest BCUT2D eigenvalue weighted by molar-refractivity contribution is -0.0478. The summed E-state index contributed by atoms with van der Waals surface area (Å²) >= 11 is 0. The van der Waals surface area contributed by atoms with Crippen LogP contribution in [-0.4, -0.2) is 6.10 Å². The first kappa shape index (κ1) is 16.3. The van der Waals surface area contributed by atoms with Crippen molar-refractivity contribution in [1.82, 2.24) is 5.48 Å². The van der Waals surface area contributed by atoms with Crippen molar-refractivity contribution in [3.8, 4) is 0 Å². The second kappa shape index (κ2) is 8.42. The van der Waals surface area contributed by atoms with E-state index in [0.29, 0.717) is 6.10 Å². The summed E-state index contributed by atoms with van der Waals surface area (Å²) < 4.78 is 0. The quantitative estimate of drug-likeness (QED) is 0.379. The average molecular weight is 265 g/mol. The van der Waals surface area contributed by atoms with E-state index in [0.717, 1.165) is 36.8 Å². The molecule has 2 heteroatoms. The van der Waals surface area contributed by atoms with Gasteiger partial charge in [-0.25, -0.2) is 0 Å². The van der Waals surface area contributed by atoms with Crippen LogP contribution in [0.25, 0.3) is 0 Å². The van der Waals surface area contributed by atoms with Gasteiger partial charge in [-0.3, -0.25) is 10.3 Å². The molecule has 2 atom stereocenters. The van der Waals surface area contributed by atoms with Crippen molar-refractivity contribution in [2.45, 2.75) is 71.8 Å². The molecule has 0 bridgehead atoms. The summed E-state index contributed by atoms with van der Waals surface area (Å²) in [7, 11) is 0. The number of allylic oxidation sites excluding steroid dienone is 2. The zero-order valence-electron chi connectivity index (χ0n) is 13.0. The Hall–Kier alpha value is -0.760. The molecule has 110 valence electrons. The fourth-order valence-corrected chi connectivity index (χ4v) is 2.95. The van der Waals surface area contributed by atoms with Crippen molar-refractivity contribution in [2.75, 3.05) is 0 Å². The third-order valence-corrected chi connectivity index (χ3v) is 3.84. The summed E-state index contributed by atoms with van der Waals surface area (Å²) in [6, 6.07) is 0. The van der Waals surface area contributed by atoms with Gasteiger partial charge >= 0.3 is 0 Å². The monoisotopic (exact) mass is 265 g/mol. The molecule has 1 N–H and O–H groups in total. The lowest BCUT2D eigenvalue weighted by atomic mass is 9.82. The first-order valence-electron chi connectivity index (χ1n) is 7.71. The van der Waals surface area contributed by atoms with E-state index in [9.17, 15) is 0 Å².